The van der Waals surface area contributed by atoms with Gasteiger partial charge in [-0.2, -0.15) is 0 Å². The van der Waals surface area contributed by atoms with Gasteiger partial charge in [-0.1, -0.05) is 64.5 Å². The third-order valence-electron chi connectivity index (χ3n) is 5.21. The quantitative estimate of drug-likeness (QED) is 0.188. The fraction of sp³-hybridized carbons (Fsp3) is 0.143. The van der Waals surface area contributed by atoms with Gasteiger partial charge < -0.3 is 18.9 Å². The lowest BCUT2D eigenvalue weighted by Gasteiger charge is -2.08. The lowest BCUT2D eigenvalue weighted by Crippen LogP contribution is -2.04. The highest BCUT2D eigenvalue weighted by Gasteiger charge is 2.13. The first-order chi connectivity index (χ1) is 16.9. The van der Waals surface area contributed by atoms with Crippen molar-refractivity contribution in [1.82, 2.24) is 0 Å². The highest BCUT2D eigenvalue weighted by Crippen LogP contribution is 2.26. The molecule has 0 radical (unpaired) electrons. The van der Waals surface area contributed by atoms with Gasteiger partial charge >= 0.3 is 11.9 Å². The Labute approximate surface area is 212 Å². The van der Waals surface area contributed by atoms with Crippen molar-refractivity contribution in [2.75, 3.05) is 28.4 Å². The first-order valence-corrected chi connectivity index (χ1v) is 11.4. The van der Waals surface area contributed by atoms with E-state index in [0.29, 0.717) is 22.6 Å². The fourth-order valence-corrected chi connectivity index (χ4v) is 3.89. The van der Waals surface area contributed by atoms with Crippen molar-refractivity contribution in [1.29, 1.82) is 0 Å². The van der Waals surface area contributed by atoms with Crippen LogP contribution in [-0.4, -0.2) is 40.4 Å². The molecule has 35 heavy (non-hydrogen) atoms. The van der Waals surface area contributed by atoms with Gasteiger partial charge in [0, 0.05) is 4.47 Å². The highest BCUT2D eigenvalue weighted by atomic mass is 79.9. The molecule has 180 valence electrons. The van der Waals surface area contributed by atoms with Crippen molar-refractivity contribution < 1.29 is 28.5 Å². The Hall–Kier alpha value is -3.84. The van der Waals surface area contributed by atoms with E-state index in [9.17, 15) is 9.59 Å². The van der Waals surface area contributed by atoms with E-state index in [-0.39, 0.29) is 0 Å². The average molecular weight is 539 g/mol. The SMILES string of the molecule is COC(=O)c1cc(/C=[13CH]/c2ccc(/[13CH]=C/c3ccc(OC)c(C(=O)OC)c3)c(Br)c2)ccc1OC. The van der Waals surface area contributed by atoms with Gasteiger partial charge in [0.1, 0.15) is 22.6 Å². The number of carbonyl (C=O) groups excluding carboxylic acids is 2. The Morgan fingerprint density at radius 3 is 1.49 bits per heavy atom. The molecule has 3 aromatic carbocycles. The van der Waals surface area contributed by atoms with Gasteiger partial charge in [-0.25, -0.2) is 9.59 Å². The van der Waals surface area contributed by atoms with Gasteiger partial charge in [-0.05, 0) is 52.6 Å². The minimum absolute atomic E-state index is 0.366. The molecule has 0 amide bonds. The minimum atomic E-state index is -0.454. The normalized spacial score (nSPS) is 11.0. The van der Waals surface area contributed by atoms with E-state index in [1.54, 1.807) is 24.3 Å². The van der Waals surface area contributed by atoms with E-state index in [1.807, 2.05) is 54.6 Å². The van der Waals surface area contributed by atoms with Crippen LogP contribution in [0.4, 0.5) is 0 Å². The van der Waals surface area contributed by atoms with Crippen molar-refractivity contribution in [3.05, 3.63) is 92.5 Å². The molecule has 0 unspecified atom stereocenters. The number of hydrogen-bond donors (Lipinski definition) is 0. The van der Waals surface area contributed by atoms with E-state index in [0.717, 1.165) is 26.7 Å². The Morgan fingerprint density at radius 2 is 1.06 bits per heavy atom. The number of hydrogen-bond acceptors (Lipinski definition) is 6. The van der Waals surface area contributed by atoms with E-state index in [4.69, 9.17) is 18.9 Å². The number of halogens is 1. The maximum atomic E-state index is 12.0. The highest BCUT2D eigenvalue weighted by molar-refractivity contribution is 9.10. The summed E-state index contributed by atoms with van der Waals surface area (Å²) in [6, 6.07) is 16.6. The van der Waals surface area contributed by atoms with Crippen LogP contribution >= 0.6 is 15.9 Å². The number of carbonyl (C=O) groups is 2. The summed E-state index contributed by atoms with van der Waals surface area (Å²) in [5, 5.41) is 0. The summed E-state index contributed by atoms with van der Waals surface area (Å²) in [5.74, 6) is 0.0156. The third-order valence-corrected chi connectivity index (χ3v) is 5.89. The van der Waals surface area contributed by atoms with Gasteiger partial charge in [-0.3, -0.25) is 0 Å². The van der Waals surface area contributed by atoms with Crippen LogP contribution in [0.1, 0.15) is 43.0 Å². The van der Waals surface area contributed by atoms with Gasteiger partial charge in [0.25, 0.3) is 0 Å². The number of esters is 2. The van der Waals surface area contributed by atoms with Crippen LogP contribution in [0.3, 0.4) is 0 Å². The van der Waals surface area contributed by atoms with Crippen molar-refractivity contribution in [3.63, 3.8) is 0 Å². The molecule has 6 nitrogen and oxygen atoms in total. The first kappa shape index (κ1) is 25.8. The van der Waals surface area contributed by atoms with Crippen LogP contribution in [0.2, 0.25) is 0 Å². The maximum absolute atomic E-state index is 12.0. The predicted molar refractivity (Wildman–Crippen MR) is 141 cm³/mol. The number of methoxy groups -OCH3 is 4. The lowest BCUT2D eigenvalue weighted by atomic mass is 10.1. The molecule has 0 saturated heterocycles. The lowest BCUT2D eigenvalue weighted by molar-refractivity contribution is 0.0588. The van der Waals surface area contributed by atoms with Crippen molar-refractivity contribution in [3.8, 4) is 11.5 Å². The van der Waals surface area contributed by atoms with Gasteiger partial charge in [0.15, 0.2) is 0 Å². The third kappa shape index (κ3) is 6.39. The fourth-order valence-electron chi connectivity index (χ4n) is 3.36. The molecule has 0 heterocycles. The van der Waals surface area contributed by atoms with Crippen LogP contribution in [0.15, 0.2) is 59.1 Å². The van der Waals surface area contributed by atoms with Crippen molar-refractivity contribution in [2.45, 2.75) is 0 Å². The summed E-state index contributed by atoms with van der Waals surface area (Å²) in [6.07, 6.45) is 7.72. The van der Waals surface area contributed by atoms with Crippen LogP contribution in [0.25, 0.3) is 24.3 Å². The van der Waals surface area contributed by atoms with E-state index >= 15 is 0 Å². The Morgan fingerprint density at radius 1 is 0.629 bits per heavy atom. The van der Waals surface area contributed by atoms with E-state index in [2.05, 4.69) is 15.9 Å². The van der Waals surface area contributed by atoms with Gasteiger partial charge in [0.05, 0.1) is 28.4 Å². The minimum Gasteiger partial charge on any atom is -0.496 e. The molecule has 0 aliphatic rings. The van der Waals surface area contributed by atoms with Crippen molar-refractivity contribution >= 4 is 52.2 Å². The number of benzene rings is 3. The molecule has 3 aromatic rings. The van der Waals surface area contributed by atoms with E-state index in [1.165, 1.54) is 28.4 Å². The van der Waals surface area contributed by atoms with Crippen LogP contribution in [0, 0.1) is 0 Å². The molecule has 0 saturated carbocycles. The van der Waals surface area contributed by atoms with Crippen LogP contribution in [0.5, 0.6) is 11.5 Å². The molecule has 0 fully saturated rings. The molecular weight excluding hydrogens is 514 g/mol. The summed E-state index contributed by atoms with van der Waals surface area (Å²) in [6.45, 7) is 0. The van der Waals surface area contributed by atoms with Crippen LogP contribution < -0.4 is 9.47 Å². The molecule has 0 atom stereocenters. The Kier molecular flexibility index (Phi) is 8.86. The topological polar surface area (TPSA) is 71.1 Å². The zero-order chi connectivity index (χ0) is 25.4. The molecule has 0 aromatic heterocycles. The second-order valence-electron chi connectivity index (χ2n) is 7.35. The maximum Gasteiger partial charge on any atom is 0.341 e. The molecule has 7 heteroatoms. The summed E-state index contributed by atoms with van der Waals surface area (Å²) < 4.78 is 21.0. The van der Waals surface area contributed by atoms with E-state index < -0.39 is 11.9 Å². The standard InChI is InChI=1S/C28H25BrO6/c1-32-25-13-9-18(15-22(25)27(30)34-3)5-6-20-8-12-21(24(29)17-20)11-7-19-10-14-26(33-2)23(16-19)28(31)35-4/h5-17H,1-4H3/b6-5+,11-7+/i6+1,11+1. The summed E-state index contributed by atoms with van der Waals surface area (Å²) >= 11 is 3.62. The molecule has 0 aliphatic carbocycles. The molecular formula is C28H25BrO6. The first-order valence-electron chi connectivity index (χ1n) is 10.6. The largest absolute Gasteiger partial charge is 0.496 e. The van der Waals surface area contributed by atoms with Crippen molar-refractivity contribution in [2.24, 2.45) is 0 Å². The molecule has 0 N–H and O–H groups in total. The monoisotopic (exact) mass is 538 g/mol. The molecule has 0 spiro atoms. The van der Waals surface area contributed by atoms with Gasteiger partial charge in [0.2, 0.25) is 0 Å². The summed E-state index contributed by atoms with van der Waals surface area (Å²) in [7, 11) is 5.70. The van der Waals surface area contributed by atoms with Gasteiger partial charge in [-0.15, -0.1) is 0 Å². The summed E-state index contributed by atoms with van der Waals surface area (Å²) in [5.41, 5.74) is 4.35. The zero-order valence-corrected chi connectivity index (χ0v) is 21.4. The predicted octanol–water partition coefficient (Wildman–Crippen LogP) is 6.38. The Balaban J connectivity index is 1.80. The molecule has 0 aliphatic heterocycles. The number of ether oxygens (including phenoxy) is 4. The smallest absolute Gasteiger partial charge is 0.341 e. The van der Waals surface area contributed by atoms with Crippen LogP contribution in [-0.2, 0) is 9.47 Å². The average Bonchev–Trinajstić information content (AvgIpc) is 2.90. The molecule has 0 bridgehead atoms. The Bertz CT molecular complexity index is 1290. The summed E-state index contributed by atoms with van der Waals surface area (Å²) in [4.78, 5) is 24.0. The number of rotatable bonds is 8. The molecule has 3 rings (SSSR count). The second kappa shape index (κ2) is 12.0. The second-order valence-corrected chi connectivity index (χ2v) is 8.20. The zero-order valence-electron chi connectivity index (χ0n) is 19.8.